The highest BCUT2D eigenvalue weighted by Gasteiger charge is 2.50. The molecule has 9 nitrogen and oxygen atoms in total. The van der Waals surface area contributed by atoms with Crippen LogP contribution >= 0.6 is 0 Å². The summed E-state index contributed by atoms with van der Waals surface area (Å²) in [4.78, 5) is 13.2. The van der Waals surface area contributed by atoms with E-state index in [4.69, 9.17) is 9.31 Å². The van der Waals surface area contributed by atoms with Gasteiger partial charge in [-0.05, 0) is 85.2 Å². The smallest absolute Gasteiger partial charge is 0.403 e. The molecule has 6 rings (SSSR count). The second-order valence-electron chi connectivity index (χ2n) is 14.3. The normalized spacial score (nSPS) is 15.8. The molecule has 5 aromatic rings. The van der Waals surface area contributed by atoms with Gasteiger partial charge >= 0.3 is 7.12 Å². The monoisotopic (exact) mass is 706 g/mol. The summed E-state index contributed by atoms with van der Waals surface area (Å²) in [6, 6.07) is 33.5. The number of rotatable bonds is 15. The molecule has 12 heteroatoms. The van der Waals surface area contributed by atoms with Gasteiger partial charge in [0, 0.05) is 12.6 Å². The van der Waals surface area contributed by atoms with E-state index >= 15 is 0 Å². The maximum atomic E-state index is 13.8. The molecule has 4 aromatic carbocycles. The van der Waals surface area contributed by atoms with Crippen LogP contribution in [0.5, 0.6) is 0 Å². The summed E-state index contributed by atoms with van der Waals surface area (Å²) in [5, 5.41) is 19.5. The minimum absolute atomic E-state index is 0.0509. The number of nitrogens with one attached hydrogen (secondary N) is 2. The second-order valence-corrected chi connectivity index (χ2v) is 14.3. The predicted molar refractivity (Wildman–Crippen MR) is 196 cm³/mol. The standard InChI is InChI=1S/C40H45BF2N6O3/c1-38(2)39(3,4)52-41(51-38)23-15-14-22-35(37-46-47-48-49(37)28-36(50)44-27-29-24-33(42)26-34(43)25-29)45-40(30-16-8-5-9-17-30,31-18-10-6-11-19-31)32-20-12-7-13-21-32/h5-13,16-21,24-26,35,45H,14-15,22-23,27-28H2,1-4H3,(H,44,50). The SMILES string of the molecule is CC1(C)OB(CCCCC(NC(c2ccccc2)(c2ccccc2)c2ccccc2)c2nnnn2CC(=O)NCc2cc(F)cc(F)c2)OC1(C)C. The zero-order valence-electron chi connectivity index (χ0n) is 30.1. The molecule has 52 heavy (non-hydrogen) atoms. The largest absolute Gasteiger partial charge is 0.457 e. The number of benzene rings is 4. The minimum atomic E-state index is -0.833. The fraction of sp³-hybridized carbons (Fsp3) is 0.350. The van der Waals surface area contributed by atoms with Crippen molar-refractivity contribution in [3.63, 3.8) is 0 Å². The third-order valence-electron chi connectivity index (χ3n) is 10.1. The first-order valence-corrected chi connectivity index (χ1v) is 17.7. The molecule has 2 N–H and O–H groups in total. The lowest BCUT2D eigenvalue weighted by molar-refractivity contribution is -0.122. The van der Waals surface area contributed by atoms with Crippen molar-refractivity contribution in [2.24, 2.45) is 0 Å². The van der Waals surface area contributed by atoms with Crippen LogP contribution in [0.4, 0.5) is 8.78 Å². The molecule has 1 aromatic heterocycles. The van der Waals surface area contributed by atoms with Crippen molar-refractivity contribution in [1.29, 1.82) is 0 Å². The summed E-state index contributed by atoms with van der Waals surface area (Å²) in [6.07, 6.45) is 2.93. The summed E-state index contributed by atoms with van der Waals surface area (Å²) >= 11 is 0. The Balaban J connectivity index is 1.31. The van der Waals surface area contributed by atoms with E-state index in [1.54, 1.807) is 0 Å². The lowest BCUT2D eigenvalue weighted by Crippen LogP contribution is -2.47. The zero-order valence-corrected chi connectivity index (χ0v) is 30.1. The molecule has 1 aliphatic rings. The summed E-state index contributed by atoms with van der Waals surface area (Å²) < 4.78 is 41.6. The molecule has 1 atom stereocenters. The summed E-state index contributed by atoms with van der Waals surface area (Å²) in [7, 11) is -0.311. The highest BCUT2D eigenvalue weighted by Crippen LogP contribution is 2.41. The van der Waals surface area contributed by atoms with Gasteiger partial charge in [0.1, 0.15) is 18.2 Å². The predicted octanol–water partition coefficient (Wildman–Crippen LogP) is 7.15. The van der Waals surface area contributed by atoms with Gasteiger partial charge in [0.25, 0.3) is 0 Å². The highest BCUT2D eigenvalue weighted by atomic mass is 19.1. The van der Waals surface area contributed by atoms with Crippen LogP contribution in [0.3, 0.4) is 0 Å². The fourth-order valence-electron chi connectivity index (χ4n) is 6.76. The van der Waals surface area contributed by atoms with E-state index in [2.05, 4.69) is 90.3 Å². The number of hydrogen-bond acceptors (Lipinski definition) is 7. The van der Waals surface area contributed by atoms with Crippen LogP contribution in [0.25, 0.3) is 0 Å². The molecule has 0 saturated carbocycles. The molecule has 0 aliphatic carbocycles. The molecule has 1 saturated heterocycles. The topological polar surface area (TPSA) is 103 Å². The van der Waals surface area contributed by atoms with Crippen molar-refractivity contribution in [3.8, 4) is 0 Å². The van der Waals surface area contributed by atoms with Gasteiger partial charge in [-0.2, -0.15) is 0 Å². The Kier molecular flexibility index (Phi) is 11.3. The molecule has 1 amide bonds. The van der Waals surface area contributed by atoms with Crippen LogP contribution in [-0.2, 0) is 32.7 Å². The Bertz CT molecular complexity index is 1790. The average Bonchev–Trinajstić information content (AvgIpc) is 3.67. The van der Waals surface area contributed by atoms with Crippen molar-refractivity contribution < 1.29 is 22.9 Å². The van der Waals surface area contributed by atoms with Gasteiger partial charge < -0.3 is 14.6 Å². The number of aromatic nitrogens is 4. The summed E-state index contributed by atoms with van der Waals surface area (Å²) in [5.74, 6) is -1.34. The molecule has 0 spiro atoms. The summed E-state index contributed by atoms with van der Waals surface area (Å²) in [6.45, 7) is 7.96. The molecule has 0 radical (unpaired) electrons. The molecule has 1 aliphatic heterocycles. The average molecular weight is 707 g/mol. The van der Waals surface area contributed by atoms with Crippen molar-refractivity contribution >= 4 is 13.0 Å². The van der Waals surface area contributed by atoms with E-state index in [0.717, 1.165) is 41.9 Å². The van der Waals surface area contributed by atoms with Crippen molar-refractivity contribution in [2.45, 2.75) is 89.1 Å². The number of halogens is 2. The third-order valence-corrected chi connectivity index (χ3v) is 10.1. The van der Waals surface area contributed by atoms with E-state index in [0.29, 0.717) is 17.8 Å². The first-order valence-electron chi connectivity index (χ1n) is 17.7. The number of hydrogen-bond donors (Lipinski definition) is 2. The molecule has 0 bridgehead atoms. The number of nitrogens with zero attached hydrogens (tertiary/aromatic N) is 4. The van der Waals surface area contributed by atoms with Gasteiger partial charge in [0.2, 0.25) is 5.91 Å². The Morgan fingerprint density at radius 1 is 0.808 bits per heavy atom. The Morgan fingerprint density at radius 3 is 1.85 bits per heavy atom. The number of carbonyl (C=O) groups is 1. The maximum Gasteiger partial charge on any atom is 0.457 e. The van der Waals surface area contributed by atoms with Gasteiger partial charge in [-0.25, -0.2) is 13.5 Å². The van der Waals surface area contributed by atoms with Crippen LogP contribution in [0.1, 0.15) is 81.1 Å². The number of amides is 1. The van der Waals surface area contributed by atoms with E-state index in [-0.39, 0.29) is 20.2 Å². The Morgan fingerprint density at radius 2 is 1.33 bits per heavy atom. The van der Waals surface area contributed by atoms with Gasteiger partial charge in [-0.15, -0.1) is 5.10 Å². The van der Waals surface area contributed by atoms with Crippen molar-refractivity contribution in [1.82, 2.24) is 30.8 Å². The van der Waals surface area contributed by atoms with Gasteiger partial charge in [-0.1, -0.05) is 104 Å². The lowest BCUT2D eigenvalue weighted by Gasteiger charge is -2.40. The maximum absolute atomic E-state index is 13.8. The van der Waals surface area contributed by atoms with E-state index in [1.807, 2.05) is 54.6 Å². The molecule has 2 heterocycles. The van der Waals surface area contributed by atoms with Gasteiger partial charge in [0.05, 0.1) is 22.8 Å². The van der Waals surface area contributed by atoms with Crippen LogP contribution in [0.2, 0.25) is 6.32 Å². The Labute approximate surface area is 304 Å². The first-order chi connectivity index (χ1) is 25.0. The molecular formula is C40H45BF2N6O3. The molecule has 270 valence electrons. The van der Waals surface area contributed by atoms with Gasteiger partial charge in [-0.3, -0.25) is 10.1 Å². The third kappa shape index (κ3) is 8.30. The minimum Gasteiger partial charge on any atom is -0.403 e. The zero-order chi connectivity index (χ0) is 36.8. The molecule has 1 fully saturated rings. The fourth-order valence-corrected chi connectivity index (χ4v) is 6.76. The summed E-state index contributed by atoms with van der Waals surface area (Å²) in [5.41, 5.74) is 1.72. The quantitative estimate of drug-likeness (QED) is 0.0677. The highest BCUT2D eigenvalue weighted by molar-refractivity contribution is 6.45. The van der Waals surface area contributed by atoms with Crippen molar-refractivity contribution in [3.05, 3.63) is 149 Å². The van der Waals surface area contributed by atoms with E-state index in [9.17, 15) is 13.6 Å². The molecule has 1 unspecified atom stereocenters. The number of tetrazole rings is 1. The lowest BCUT2D eigenvalue weighted by atomic mass is 9.76. The number of carbonyl (C=O) groups excluding carboxylic acids is 1. The van der Waals surface area contributed by atoms with Crippen LogP contribution in [-0.4, -0.2) is 44.4 Å². The van der Waals surface area contributed by atoms with Crippen LogP contribution in [0.15, 0.2) is 109 Å². The van der Waals surface area contributed by atoms with Crippen LogP contribution in [0, 0.1) is 11.6 Å². The van der Waals surface area contributed by atoms with E-state index in [1.165, 1.54) is 16.8 Å². The van der Waals surface area contributed by atoms with E-state index < -0.39 is 40.3 Å². The van der Waals surface area contributed by atoms with Gasteiger partial charge in [0.15, 0.2) is 5.82 Å². The van der Waals surface area contributed by atoms with Crippen LogP contribution < -0.4 is 10.6 Å². The second kappa shape index (κ2) is 15.9. The number of unbranched alkanes of at least 4 members (excludes halogenated alkanes) is 1. The molecular weight excluding hydrogens is 661 g/mol. The van der Waals surface area contributed by atoms with Crippen molar-refractivity contribution in [2.75, 3.05) is 0 Å². The first kappa shape index (κ1) is 37.0. The Hall–Kier alpha value is -4.78.